The SMILES string of the molecule is CC(C)(C)OC(=O)NCCNc1ccc(O)cn1. The molecule has 0 radical (unpaired) electrons. The van der Waals surface area contributed by atoms with Crippen LogP contribution in [0.1, 0.15) is 20.8 Å². The van der Waals surface area contributed by atoms with E-state index in [1.54, 1.807) is 6.07 Å². The van der Waals surface area contributed by atoms with Gasteiger partial charge in [0.15, 0.2) is 0 Å². The number of anilines is 1. The Morgan fingerprint density at radius 3 is 2.67 bits per heavy atom. The Labute approximate surface area is 106 Å². The summed E-state index contributed by atoms with van der Waals surface area (Å²) in [5, 5.41) is 14.7. The highest BCUT2D eigenvalue weighted by molar-refractivity contribution is 5.67. The van der Waals surface area contributed by atoms with Gasteiger partial charge in [0.05, 0.1) is 6.20 Å². The van der Waals surface area contributed by atoms with Crippen LogP contribution in [0.2, 0.25) is 0 Å². The van der Waals surface area contributed by atoms with Gasteiger partial charge in [0.2, 0.25) is 0 Å². The second kappa shape index (κ2) is 6.09. The van der Waals surface area contributed by atoms with E-state index in [0.29, 0.717) is 18.9 Å². The van der Waals surface area contributed by atoms with Crippen LogP contribution in [-0.4, -0.2) is 34.9 Å². The molecule has 0 saturated heterocycles. The minimum absolute atomic E-state index is 0.118. The van der Waals surface area contributed by atoms with Gasteiger partial charge in [-0.05, 0) is 32.9 Å². The minimum Gasteiger partial charge on any atom is -0.506 e. The standard InChI is InChI=1S/C12H19N3O3/c1-12(2,3)18-11(17)14-7-6-13-10-5-4-9(16)8-15-10/h4-5,8,16H,6-7H2,1-3H3,(H,13,15)(H,14,17). The molecule has 1 amide bonds. The molecule has 0 spiro atoms. The Balaban J connectivity index is 2.19. The fourth-order valence-corrected chi connectivity index (χ4v) is 1.16. The maximum absolute atomic E-state index is 11.3. The smallest absolute Gasteiger partial charge is 0.407 e. The molecule has 1 aromatic rings. The van der Waals surface area contributed by atoms with Gasteiger partial charge in [0.1, 0.15) is 17.2 Å². The van der Waals surface area contributed by atoms with Crippen molar-refractivity contribution in [1.82, 2.24) is 10.3 Å². The lowest BCUT2D eigenvalue weighted by Crippen LogP contribution is -2.35. The van der Waals surface area contributed by atoms with E-state index in [2.05, 4.69) is 15.6 Å². The number of nitrogens with zero attached hydrogens (tertiary/aromatic N) is 1. The molecule has 100 valence electrons. The summed E-state index contributed by atoms with van der Waals surface area (Å²) < 4.78 is 5.08. The molecule has 6 nitrogen and oxygen atoms in total. The molecule has 0 atom stereocenters. The topological polar surface area (TPSA) is 83.5 Å². The molecular weight excluding hydrogens is 234 g/mol. The largest absolute Gasteiger partial charge is 0.506 e. The van der Waals surface area contributed by atoms with Gasteiger partial charge in [0.25, 0.3) is 0 Å². The summed E-state index contributed by atoms with van der Waals surface area (Å²) in [4.78, 5) is 15.3. The van der Waals surface area contributed by atoms with Crippen LogP contribution < -0.4 is 10.6 Å². The number of hydrogen-bond donors (Lipinski definition) is 3. The summed E-state index contributed by atoms with van der Waals surface area (Å²) in [7, 11) is 0. The number of alkyl carbamates (subject to hydrolysis) is 1. The molecule has 0 saturated carbocycles. The first-order chi connectivity index (χ1) is 8.37. The molecule has 1 heterocycles. The highest BCUT2D eigenvalue weighted by Gasteiger charge is 2.15. The Bertz CT molecular complexity index is 385. The van der Waals surface area contributed by atoms with E-state index in [4.69, 9.17) is 9.84 Å². The quantitative estimate of drug-likeness (QED) is 0.712. The molecule has 0 bridgehead atoms. The molecule has 0 aliphatic heterocycles. The first-order valence-corrected chi connectivity index (χ1v) is 5.72. The molecule has 0 aliphatic rings. The second-order valence-electron chi connectivity index (χ2n) is 4.76. The van der Waals surface area contributed by atoms with E-state index in [0.717, 1.165) is 0 Å². The predicted molar refractivity (Wildman–Crippen MR) is 68.6 cm³/mol. The van der Waals surface area contributed by atoms with Crippen molar-refractivity contribution in [3.8, 4) is 5.75 Å². The lowest BCUT2D eigenvalue weighted by atomic mass is 10.2. The zero-order chi connectivity index (χ0) is 13.6. The van der Waals surface area contributed by atoms with Gasteiger partial charge in [-0.3, -0.25) is 0 Å². The zero-order valence-corrected chi connectivity index (χ0v) is 10.9. The van der Waals surface area contributed by atoms with Crippen molar-refractivity contribution in [2.24, 2.45) is 0 Å². The maximum Gasteiger partial charge on any atom is 0.407 e. The number of hydrogen-bond acceptors (Lipinski definition) is 5. The molecule has 0 aliphatic carbocycles. The maximum atomic E-state index is 11.3. The minimum atomic E-state index is -0.490. The fourth-order valence-electron chi connectivity index (χ4n) is 1.16. The van der Waals surface area contributed by atoms with Crippen molar-refractivity contribution in [2.45, 2.75) is 26.4 Å². The number of pyridine rings is 1. The lowest BCUT2D eigenvalue weighted by molar-refractivity contribution is 0.0530. The van der Waals surface area contributed by atoms with Crippen molar-refractivity contribution in [3.05, 3.63) is 18.3 Å². The molecule has 0 unspecified atom stereocenters. The lowest BCUT2D eigenvalue weighted by Gasteiger charge is -2.19. The first-order valence-electron chi connectivity index (χ1n) is 5.72. The Kier molecular flexibility index (Phi) is 4.76. The molecular formula is C12H19N3O3. The summed E-state index contributed by atoms with van der Waals surface area (Å²) >= 11 is 0. The molecule has 0 aromatic carbocycles. The summed E-state index contributed by atoms with van der Waals surface area (Å²) in [6, 6.07) is 3.19. The van der Waals surface area contributed by atoms with Crippen molar-refractivity contribution in [1.29, 1.82) is 0 Å². The van der Waals surface area contributed by atoms with Crippen LogP contribution in [0, 0.1) is 0 Å². The molecule has 3 N–H and O–H groups in total. The number of aromatic hydroxyl groups is 1. The number of aromatic nitrogens is 1. The summed E-state index contributed by atoms with van der Waals surface area (Å²) in [5.74, 6) is 0.756. The fraction of sp³-hybridized carbons (Fsp3) is 0.500. The van der Waals surface area contributed by atoms with Gasteiger partial charge in [-0.2, -0.15) is 0 Å². The van der Waals surface area contributed by atoms with Crippen LogP contribution in [0.25, 0.3) is 0 Å². The number of amides is 1. The Morgan fingerprint density at radius 1 is 1.39 bits per heavy atom. The first kappa shape index (κ1) is 14.1. The van der Waals surface area contributed by atoms with Crippen LogP contribution >= 0.6 is 0 Å². The van der Waals surface area contributed by atoms with Gasteiger partial charge < -0.3 is 20.5 Å². The van der Waals surface area contributed by atoms with Crippen molar-refractivity contribution >= 4 is 11.9 Å². The van der Waals surface area contributed by atoms with Crippen molar-refractivity contribution in [3.63, 3.8) is 0 Å². The molecule has 18 heavy (non-hydrogen) atoms. The van der Waals surface area contributed by atoms with Crippen LogP contribution in [0.5, 0.6) is 5.75 Å². The summed E-state index contributed by atoms with van der Waals surface area (Å²) in [6.45, 7) is 6.38. The number of rotatable bonds is 4. The summed E-state index contributed by atoms with van der Waals surface area (Å²) in [5.41, 5.74) is -0.490. The Morgan fingerprint density at radius 2 is 2.11 bits per heavy atom. The van der Waals surface area contributed by atoms with E-state index >= 15 is 0 Å². The summed E-state index contributed by atoms with van der Waals surface area (Å²) in [6.07, 6.45) is 0.909. The predicted octanol–water partition coefficient (Wildman–Crippen LogP) is 1.72. The zero-order valence-electron chi connectivity index (χ0n) is 10.9. The number of ether oxygens (including phenoxy) is 1. The van der Waals surface area contributed by atoms with E-state index in [9.17, 15) is 4.79 Å². The number of carbonyl (C=O) groups is 1. The van der Waals surface area contributed by atoms with Gasteiger partial charge >= 0.3 is 6.09 Å². The van der Waals surface area contributed by atoms with Crippen LogP contribution in [0.15, 0.2) is 18.3 Å². The van der Waals surface area contributed by atoms with E-state index in [1.165, 1.54) is 12.3 Å². The van der Waals surface area contributed by atoms with Crippen LogP contribution in [0.4, 0.5) is 10.6 Å². The molecule has 1 aromatic heterocycles. The van der Waals surface area contributed by atoms with E-state index in [1.807, 2.05) is 20.8 Å². The number of carbonyl (C=O) groups excluding carboxylic acids is 1. The van der Waals surface area contributed by atoms with Crippen molar-refractivity contribution in [2.75, 3.05) is 18.4 Å². The number of nitrogens with one attached hydrogen (secondary N) is 2. The normalized spacial score (nSPS) is 10.8. The monoisotopic (exact) mass is 253 g/mol. The highest BCUT2D eigenvalue weighted by Crippen LogP contribution is 2.09. The van der Waals surface area contributed by atoms with E-state index in [-0.39, 0.29) is 5.75 Å². The van der Waals surface area contributed by atoms with Gasteiger partial charge in [0, 0.05) is 13.1 Å². The van der Waals surface area contributed by atoms with Crippen molar-refractivity contribution < 1.29 is 14.6 Å². The van der Waals surface area contributed by atoms with E-state index < -0.39 is 11.7 Å². The van der Waals surface area contributed by atoms with Gasteiger partial charge in [-0.15, -0.1) is 0 Å². The third-order valence-electron chi connectivity index (χ3n) is 1.85. The average Bonchev–Trinajstić information content (AvgIpc) is 2.24. The second-order valence-corrected chi connectivity index (χ2v) is 4.76. The average molecular weight is 253 g/mol. The molecule has 0 fully saturated rings. The van der Waals surface area contributed by atoms with Gasteiger partial charge in [-0.1, -0.05) is 0 Å². The Hall–Kier alpha value is -1.98. The molecule has 1 rings (SSSR count). The highest BCUT2D eigenvalue weighted by atomic mass is 16.6. The van der Waals surface area contributed by atoms with Crippen LogP contribution in [0.3, 0.4) is 0 Å². The molecule has 6 heteroatoms. The third-order valence-corrected chi connectivity index (χ3v) is 1.85. The van der Waals surface area contributed by atoms with Crippen LogP contribution in [-0.2, 0) is 4.74 Å². The van der Waals surface area contributed by atoms with Gasteiger partial charge in [-0.25, -0.2) is 9.78 Å². The third kappa shape index (κ3) is 5.93.